The molecule has 0 saturated carbocycles. The zero-order valence-corrected chi connectivity index (χ0v) is 11.1. The molecule has 0 saturated heterocycles. The quantitative estimate of drug-likeness (QED) is 0.860. The van der Waals surface area contributed by atoms with Crippen LogP contribution in [0, 0.1) is 0 Å². The second kappa shape index (κ2) is 5.25. The van der Waals surface area contributed by atoms with Gasteiger partial charge < -0.3 is 10.6 Å². The van der Waals surface area contributed by atoms with Gasteiger partial charge in [0.15, 0.2) is 0 Å². The summed E-state index contributed by atoms with van der Waals surface area (Å²) in [5, 5.41) is 4.20. The van der Waals surface area contributed by atoms with Gasteiger partial charge in [0.2, 0.25) is 0 Å². The van der Waals surface area contributed by atoms with Gasteiger partial charge in [-0.15, -0.1) is 0 Å². The van der Waals surface area contributed by atoms with Crippen molar-refractivity contribution in [2.24, 2.45) is 5.73 Å². The third-order valence-corrected chi connectivity index (χ3v) is 3.43. The number of hydrogen-bond acceptors (Lipinski definition) is 4. The molecule has 0 radical (unpaired) electrons. The first kappa shape index (κ1) is 12.0. The fourth-order valence-electron chi connectivity index (χ4n) is 1.64. The fraction of sp³-hybridized carbons (Fsp3) is 0.167. The third kappa shape index (κ3) is 2.81. The lowest BCUT2D eigenvalue weighted by Crippen LogP contribution is -2.21. The minimum Gasteiger partial charge on any atom is -0.389 e. The summed E-state index contributed by atoms with van der Waals surface area (Å²) >= 11 is 6.74. The van der Waals surface area contributed by atoms with Crippen LogP contribution in [0.2, 0.25) is 0 Å². The first-order valence-electron chi connectivity index (χ1n) is 5.14. The van der Waals surface area contributed by atoms with Crippen molar-refractivity contribution in [3.63, 3.8) is 0 Å². The molecule has 88 valence electrons. The number of nitrogens with zero attached hydrogens (tertiary/aromatic N) is 2. The summed E-state index contributed by atoms with van der Waals surface area (Å²) in [7, 11) is 2.01. The Balaban J connectivity index is 2.24. The van der Waals surface area contributed by atoms with Gasteiger partial charge in [-0.2, -0.15) is 11.3 Å². The number of aromatic nitrogens is 1. The van der Waals surface area contributed by atoms with E-state index in [0.29, 0.717) is 4.99 Å². The van der Waals surface area contributed by atoms with Crippen molar-refractivity contribution in [2.45, 2.75) is 6.54 Å². The summed E-state index contributed by atoms with van der Waals surface area (Å²) in [6.07, 6.45) is 3.50. The first-order valence-corrected chi connectivity index (χ1v) is 6.49. The Labute approximate surface area is 110 Å². The second-order valence-electron chi connectivity index (χ2n) is 3.74. The van der Waals surface area contributed by atoms with Gasteiger partial charge in [0.25, 0.3) is 0 Å². The van der Waals surface area contributed by atoms with E-state index >= 15 is 0 Å². The van der Waals surface area contributed by atoms with Crippen molar-refractivity contribution in [3.8, 4) is 0 Å². The number of thiocarbonyl (C=S) groups is 1. The van der Waals surface area contributed by atoms with Crippen molar-refractivity contribution in [3.05, 3.63) is 46.4 Å². The molecule has 0 aromatic carbocycles. The van der Waals surface area contributed by atoms with Gasteiger partial charge in [0.05, 0.1) is 11.9 Å². The van der Waals surface area contributed by atoms with E-state index in [1.54, 1.807) is 23.7 Å². The van der Waals surface area contributed by atoms with Gasteiger partial charge >= 0.3 is 0 Å². The van der Waals surface area contributed by atoms with Gasteiger partial charge in [-0.25, -0.2) is 0 Å². The minimum atomic E-state index is 0.402. The third-order valence-electron chi connectivity index (χ3n) is 2.48. The number of anilines is 1. The fourth-order valence-corrected chi connectivity index (χ4v) is 2.47. The van der Waals surface area contributed by atoms with Gasteiger partial charge in [-0.3, -0.25) is 4.98 Å². The van der Waals surface area contributed by atoms with Crippen LogP contribution in [0.15, 0.2) is 35.3 Å². The average molecular weight is 263 g/mol. The molecular weight excluding hydrogens is 250 g/mol. The van der Waals surface area contributed by atoms with Crippen LogP contribution in [0.25, 0.3) is 0 Å². The summed E-state index contributed by atoms with van der Waals surface area (Å²) in [6, 6.07) is 3.96. The SMILES string of the molecule is CN(Cc1ccsc1)c1cnccc1C(N)=S. The molecule has 0 spiro atoms. The topological polar surface area (TPSA) is 42.2 Å². The summed E-state index contributed by atoms with van der Waals surface area (Å²) in [5.74, 6) is 0. The number of pyridine rings is 1. The van der Waals surface area contributed by atoms with Crippen molar-refractivity contribution in [2.75, 3.05) is 11.9 Å². The van der Waals surface area contributed by atoms with Crippen LogP contribution in [-0.2, 0) is 6.54 Å². The maximum Gasteiger partial charge on any atom is 0.106 e. The zero-order chi connectivity index (χ0) is 12.3. The molecule has 2 aromatic heterocycles. The standard InChI is InChI=1S/C12H13N3S2/c1-15(7-9-3-5-17-8-9)11-6-14-4-2-10(11)12(13)16/h2-6,8H,7H2,1H3,(H2,13,16). The largest absolute Gasteiger partial charge is 0.389 e. The van der Waals surface area contributed by atoms with Gasteiger partial charge in [0.1, 0.15) is 4.99 Å². The molecule has 2 heterocycles. The number of rotatable bonds is 4. The minimum absolute atomic E-state index is 0.402. The molecule has 0 aliphatic heterocycles. The summed E-state index contributed by atoms with van der Waals surface area (Å²) in [4.78, 5) is 6.63. The Hall–Kier alpha value is -1.46. The lowest BCUT2D eigenvalue weighted by atomic mass is 10.2. The Morgan fingerprint density at radius 3 is 3.00 bits per heavy atom. The van der Waals surface area contributed by atoms with Crippen LogP contribution < -0.4 is 10.6 Å². The molecule has 3 nitrogen and oxygen atoms in total. The van der Waals surface area contributed by atoms with E-state index in [1.807, 2.05) is 13.1 Å². The van der Waals surface area contributed by atoms with Crippen LogP contribution in [0.3, 0.4) is 0 Å². The Morgan fingerprint density at radius 2 is 2.35 bits per heavy atom. The smallest absolute Gasteiger partial charge is 0.106 e. The molecule has 0 atom stereocenters. The van der Waals surface area contributed by atoms with Crippen molar-refractivity contribution in [1.29, 1.82) is 0 Å². The van der Waals surface area contributed by atoms with Crippen LogP contribution in [0.1, 0.15) is 11.1 Å². The highest BCUT2D eigenvalue weighted by Gasteiger charge is 2.10. The van der Waals surface area contributed by atoms with E-state index in [9.17, 15) is 0 Å². The highest BCUT2D eigenvalue weighted by Crippen LogP contribution is 2.20. The molecular formula is C12H13N3S2. The summed E-state index contributed by atoms with van der Waals surface area (Å²) in [6.45, 7) is 0.824. The lowest BCUT2D eigenvalue weighted by Gasteiger charge is -2.21. The van der Waals surface area contributed by atoms with E-state index < -0.39 is 0 Å². The maximum absolute atomic E-state index is 5.70. The van der Waals surface area contributed by atoms with Crippen LogP contribution in [0.5, 0.6) is 0 Å². The summed E-state index contributed by atoms with van der Waals surface area (Å²) in [5.41, 5.74) is 8.81. The average Bonchev–Trinajstić information content (AvgIpc) is 2.81. The molecule has 0 aliphatic carbocycles. The van der Waals surface area contributed by atoms with E-state index in [2.05, 4.69) is 26.7 Å². The van der Waals surface area contributed by atoms with Gasteiger partial charge in [-0.1, -0.05) is 12.2 Å². The number of nitrogens with two attached hydrogens (primary N) is 1. The summed E-state index contributed by atoms with van der Waals surface area (Å²) < 4.78 is 0. The van der Waals surface area contributed by atoms with Crippen molar-refractivity contribution < 1.29 is 0 Å². The molecule has 0 fully saturated rings. The Kier molecular flexibility index (Phi) is 3.71. The predicted molar refractivity (Wildman–Crippen MR) is 76.6 cm³/mol. The van der Waals surface area contributed by atoms with Crippen molar-refractivity contribution in [1.82, 2.24) is 4.98 Å². The first-order chi connectivity index (χ1) is 8.18. The molecule has 0 bridgehead atoms. The van der Waals surface area contributed by atoms with E-state index in [0.717, 1.165) is 17.8 Å². The van der Waals surface area contributed by atoms with Gasteiger partial charge in [-0.05, 0) is 28.5 Å². The molecule has 2 rings (SSSR count). The molecule has 17 heavy (non-hydrogen) atoms. The molecule has 2 N–H and O–H groups in total. The van der Waals surface area contributed by atoms with E-state index in [1.165, 1.54) is 5.56 Å². The second-order valence-corrected chi connectivity index (χ2v) is 4.96. The van der Waals surface area contributed by atoms with E-state index in [4.69, 9.17) is 18.0 Å². The Morgan fingerprint density at radius 1 is 1.53 bits per heavy atom. The monoisotopic (exact) mass is 263 g/mol. The highest BCUT2D eigenvalue weighted by molar-refractivity contribution is 7.80. The van der Waals surface area contributed by atoms with Crippen LogP contribution in [-0.4, -0.2) is 17.0 Å². The van der Waals surface area contributed by atoms with Gasteiger partial charge in [0, 0.05) is 25.4 Å². The van der Waals surface area contributed by atoms with Crippen molar-refractivity contribution >= 4 is 34.2 Å². The molecule has 0 amide bonds. The molecule has 2 aromatic rings. The molecule has 5 heteroatoms. The molecule has 0 unspecified atom stereocenters. The highest BCUT2D eigenvalue weighted by atomic mass is 32.1. The predicted octanol–water partition coefficient (Wildman–Crippen LogP) is 2.41. The number of thiophene rings is 1. The zero-order valence-electron chi connectivity index (χ0n) is 9.46. The lowest BCUT2D eigenvalue weighted by molar-refractivity contribution is 0.921. The number of hydrogen-bond donors (Lipinski definition) is 1. The normalized spacial score (nSPS) is 10.2. The van der Waals surface area contributed by atoms with Crippen LogP contribution >= 0.6 is 23.6 Å². The molecule has 0 aliphatic rings. The van der Waals surface area contributed by atoms with Crippen LogP contribution in [0.4, 0.5) is 5.69 Å². The van der Waals surface area contributed by atoms with E-state index in [-0.39, 0.29) is 0 Å². The maximum atomic E-state index is 5.70. The Bertz CT molecular complexity index is 508.